The van der Waals surface area contributed by atoms with Crippen LogP contribution in [-0.2, 0) is 14.3 Å². The highest BCUT2D eigenvalue weighted by molar-refractivity contribution is 5.94. The van der Waals surface area contributed by atoms with Crippen molar-refractivity contribution in [3.05, 3.63) is 11.6 Å². The molecule has 0 radical (unpaired) electrons. The van der Waals surface area contributed by atoms with Gasteiger partial charge in [-0.1, -0.05) is 6.92 Å². The van der Waals surface area contributed by atoms with Crippen LogP contribution in [0.4, 0.5) is 0 Å². The molecule has 1 rings (SSSR count). The second kappa shape index (κ2) is 3.79. The first-order chi connectivity index (χ1) is 6.43. The summed E-state index contributed by atoms with van der Waals surface area (Å²) in [5, 5.41) is 17.2. The van der Waals surface area contributed by atoms with Gasteiger partial charge in [-0.2, -0.15) is 0 Å². The van der Waals surface area contributed by atoms with Gasteiger partial charge in [0.25, 0.3) is 0 Å². The molecule has 0 amide bonds. The summed E-state index contributed by atoms with van der Waals surface area (Å²) in [6.45, 7) is 2.84. The van der Waals surface area contributed by atoms with Crippen molar-refractivity contribution in [3.8, 4) is 0 Å². The summed E-state index contributed by atoms with van der Waals surface area (Å²) in [5.41, 5.74) is -0.303. The van der Waals surface area contributed by atoms with E-state index in [4.69, 9.17) is 14.9 Å². The molecule has 1 heterocycles. The minimum absolute atomic E-state index is 0.0803. The summed E-state index contributed by atoms with van der Waals surface area (Å²) in [6.07, 6.45) is 0.973. The average molecular weight is 200 g/mol. The third-order valence-corrected chi connectivity index (χ3v) is 2.09. The Morgan fingerprint density at radius 1 is 1.43 bits per heavy atom. The molecule has 1 fully saturated rings. The smallest absolute Gasteiger partial charge is 0.331 e. The first-order valence-corrected chi connectivity index (χ1v) is 4.17. The van der Waals surface area contributed by atoms with Gasteiger partial charge in [-0.15, -0.1) is 0 Å². The number of aliphatic carboxylic acids is 2. The lowest BCUT2D eigenvalue weighted by Gasteiger charge is -2.38. The molecule has 0 aliphatic carbocycles. The number of rotatable bonds is 4. The summed E-state index contributed by atoms with van der Waals surface area (Å²) in [7, 11) is 0. The Hall–Kier alpha value is -1.36. The molecule has 0 unspecified atom stereocenters. The lowest BCUT2D eigenvalue weighted by atomic mass is 9.81. The maximum absolute atomic E-state index is 10.7. The quantitative estimate of drug-likeness (QED) is 0.646. The molecule has 1 saturated heterocycles. The van der Waals surface area contributed by atoms with Gasteiger partial charge in [0, 0.05) is 17.1 Å². The van der Waals surface area contributed by atoms with Crippen LogP contribution in [0.1, 0.15) is 13.3 Å². The van der Waals surface area contributed by atoms with Crippen molar-refractivity contribution in [1.82, 2.24) is 0 Å². The fraction of sp³-hybridized carbons (Fsp3) is 0.556. The largest absolute Gasteiger partial charge is 0.478 e. The van der Waals surface area contributed by atoms with Gasteiger partial charge < -0.3 is 14.9 Å². The molecule has 1 aliphatic rings. The monoisotopic (exact) mass is 200 g/mol. The zero-order chi connectivity index (χ0) is 10.8. The summed E-state index contributed by atoms with van der Waals surface area (Å²) in [6, 6.07) is 0. The van der Waals surface area contributed by atoms with E-state index >= 15 is 0 Å². The highest BCUT2D eigenvalue weighted by Gasteiger charge is 2.35. The maximum atomic E-state index is 10.7. The Morgan fingerprint density at radius 2 is 2.00 bits per heavy atom. The van der Waals surface area contributed by atoms with Gasteiger partial charge in [0.2, 0.25) is 0 Å². The van der Waals surface area contributed by atoms with Crippen LogP contribution >= 0.6 is 0 Å². The number of ether oxygens (including phenoxy) is 1. The summed E-state index contributed by atoms with van der Waals surface area (Å²) >= 11 is 0. The van der Waals surface area contributed by atoms with Crippen molar-refractivity contribution in [2.45, 2.75) is 13.3 Å². The van der Waals surface area contributed by atoms with Crippen LogP contribution < -0.4 is 0 Å². The van der Waals surface area contributed by atoms with E-state index in [9.17, 15) is 9.59 Å². The summed E-state index contributed by atoms with van der Waals surface area (Å²) in [4.78, 5) is 21.0. The zero-order valence-electron chi connectivity index (χ0n) is 7.82. The van der Waals surface area contributed by atoms with E-state index in [0.717, 1.165) is 6.08 Å². The van der Waals surface area contributed by atoms with Crippen LogP contribution in [0.3, 0.4) is 0 Å². The summed E-state index contributed by atoms with van der Waals surface area (Å²) < 4.78 is 4.96. The minimum Gasteiger partial charge on any atom is -0.478 e. The molecule has 0 atom stereocenters. The van der Waals surface area contributed by atoms with Crippen molar-refractivity contribution in [1.29, 1.82) is 0 Å². The number of carboxylic acid groups (broad SMARTS) is 2. The fourth-order valence-corrected chi connectivity index (χ4v) is 1.35. The molecule has 78 valence electrons. The molecule has 0 aromatic carbocycles. The first kappa shape index (κ1) is 10.7. The molecule has 0 aromatic rings. The van der Waals surface area contributed by atoms with Gasteiger partial charge in [-0.25, -0.2) is 9.59 Å². The van der Waals surface area contributed by atoms with Crippen molar-refractivity contribution >= 4 is 11.9 Å². The Kier molecular flexibility index (Phi) is 2.90. The number of hydrogen-bond donors (Lipinski definition) is 2. The van der Waals surface area contributed by atoms with E-state index in [2.05, 4.69) is 0 Å². The van der Waals surface area contributed by atoms with E-state index in [1.54, 1.807) is 0 Å². The molecule has 0 saturated carbocycles. The van der Waals surface area contributed by atoms with Crippen molar-refractivity contribution in [2.24, 2.45) is 5.41 Å². The highest BCUT2D eigenvalue weighted by Crippen LogP contribution is 2.33. The van der Waals surface area contributed by atoms with Gasteiger partial charge in [-0.05, 0) is 6.42 Å². The van der Waals surface area contributed by atoms with Gasteiger partial charge >= 0.3 is 11.9 Å². The van der Waals surface area contributed by atoms with Crippen LogP contribution in [0.5, 0.6) is 0 Å². The fourth-order valence-electron chi connectivity index (χ4n) is 1.35. The molecular formula is C9H12O5. The van der Waals surface area contributed by atoms with Crippen LogP contribution in [0.15, 0.2) is 11.6 Å². The van der Waals surface area contributed by atoms with Crippen molar-refractivity contribution < 1.29 is 24.5 Å². The van der Waals surface area contributed by atoms with Gasteiger partial charge in [0.05, 0.1) is 13.2 Å². The summed E-state index contributed by atoms with van der Waals surface area (Å²) in [5.74, 6) is -2.41. The molecular weight excluding hydrogens is 188 g/mol. The van der Waals surface area contributed by atoms with Crippen LogP contribution in [0.2, 0.25) is 0 Å². The Bertz CT molecular complexity index is 288. The third kappa shape index (κ3) is 2.56. The lowest BCUT2D eigenvalue weighted by molar-refractivity contribution is -0.137. The average Bonchev–Trinajstić information content (AvgIpc) is 1.99. The molecule has 5 nitrogen and oxygen atoms in total. The molecule has 0 bridgehead atoms. The van der Waals surface area contributed by atoms with E-state index < -0.39 is 11.9 Å². The van der Waals surface area contributed by atoms with Crippen molar-refractivity contribution in [3.63, 3.8) is 0 Å². The maximum Gasteiger partial charge on any atom is 0.331 e. The number of hydrogen-bond acceptors (Lipinski definition) is 3. The van der Waals surface area contributed by atoms with Crippen LogP contribution in [0.25, 0.3) is 0 Å². The molecule has 5 heteroatoms. The van der Waals surface area contributed by atoms with Gasteiger partial charge in [-0.3, -0.25) is 0 Å². The molecule has 0 aromatic heterocycles. The predicted molar refractivity (Wildman–Crippen MR) is 46.9 cm³/mol. The van der Waals surface area contributed by atoms with E-state index in [1.807, 2.05) is 6.92 Å². The molecule has 14 heavy (non-hydrogen) atoms. The second-order valence-corrected chi connectivity index (χ2v) is 3.79. The van der Waals surface area contributed by atoms with E-state index in [-0.39, 0.29) is 17.4 Å². The highest BCUT2D eigenvalue weighted by atomic mass is 16.5. The molecule has 2 N–H and O–H groups in total. The van der Waals surface area contributed by atoms with Crippen LogP contribution in [-0.4, -0.2) is 35.4 Å². The van der Waals surface area contributed by atoms with E-state index in [0.29, 0.717) is 13.2 Å². The minimum atomic E-state index is -1.23. The third-order valence-electron chi connectivity index (χ3n) is 2.09. The topological polar surface area (TPSA) is 83.8 Å². The number of carboxylic acids is 2. The normalized spacial score (nSPS) is 19.9. The predicted octanol–water partition coefficient (Wildman–Crippen LogP) is 0.509. The van der Waals surface area contributed by atoms with Crippen LogP contribution in [0, 0.1) is 5.41 Å². The Balaban J connectivity index is 2.69. The number of carbonyl (C=O) groups is 2. The SMILES string of the molecule is CC1(CC(=CC(=O)O)C(=O)O)COC1. The van der Waals surface area contributed by atoms with Gasteiger partial charge in [0.1, 0.15) is 0 Å². The Labute approximate surface area is 81.0 Å². The van der Waals surface area contributed by atoms with E-state index in [1.165, 1.54) is 0 Å². The standard InChI is InChI=1S/C9H12O5/c1-9(4-14-5-9)3-6(8(12)13)2-7(10)11/h2H,3-5H2,1H3,(H,10,11)(H,12,13). The zero-order valence-corrected chi connectivity index (χ0v) is 7.82. The van der Waals surface area contributed by atoms with Crippen molar-refractivity contribution in [2.75, 3.05) is 13.2 Å². The first-order valence-electron chi connectivity index (χ1n) is 4.17. The molecule has 0 spiro atoms. The Morgan fingerprint density at radius 3 is 2.29 bits per heavy atom. The van der Waals surface area contributed by atoms with Gasteiger partial charge in [0.15, 0.2) is 0 Å². The lowest BCUT2D eigenvalue weighted by Crippen LogP contribution is -2.40. The second-order valence-electron chi connectivity index (χ2n) is 3.79. The molecule has 1 aliphatic heterocycles.